The highest BCUT2D eigenvalue weighted by Crippen LogP contribution is 2.23. The Balaban J connectivity index is 1.85. The lowest BCUT2D eigenvalue weighted by atomic mass is 10.1. The minimum absolute atomic E-state index is 0.266. The number of alkyl halides is 2. The van der Waals surface area contributed by atoms with Gasteiger partial charge in [-0.25, -0.2) is 0 Å². The first-order chi connectivity index (χ1) is 12.1. The molecule has 25 heavy (non-hydrogen) atoms. The zero-order chi connectivity index (χ0) is 18.1. The van der Waals surface area contributed by atoms with E-state index in [2.05, 4.69) is 0 Å². The lowest BCUT2D eigenvalue weighted by Gasteiger charge is -2.10. The Kier molecular flexibility index (Phi) is 8.56. The Labute approximate surface area is 159 Å². The summed E-state index contributed by atoms with van der Waals surface area (Å²) in [5.74, 6) is 2.07. The van der Waals surface area contributed by atoms with Crippen LogP contribution in [-0.2, 0) is 12.8 Å². The summed E-state index contributed by atoms with van der Waals surface area (Å²) < 4.78 is 5.84. The van der Waals surface area contributed by atoms with E-state index in [0.29, 0.717) is 12.8 Å². The van der Waals surface area contributed by atoms with Gasteiger partial charge in [0.1, 0.15) is 11.5 Å². The number of halogens is 2. The monoisotopic (exact) mass is 382 g/mol. The molecule has 0 radical (unpaired) electrons. The molecule has 0 saturated carbocycles. The number of rotatable bonds is 10. The van der Waals surface area contributed by atoms with E-state index in [4.69, 9.17) is 27.9 Å². The van der Waals surface area contributed by atoms with Gasteiger partial charge in [-0.2, -0.15) is 0 Å². The fraction of sp³-hybridized carbons (Fsp3) is 0.400. The van der Waals surface area contributed by atoms with Crippen molar-refractivity contribution in [2.24, 2.45) is 0 Å². The van der Waals surface area contributed by atoms with Crippen LogP contribution in [0.1, 0.15) is 24.0 Å². The number of hydrogen-bond acceptors (Lipinski definition) is 3. The average Bonchev–Trinajstić information content (AvgIpc) is 2.66. The van der Waals surface area contributed by atoms with E-state index in [0.717, 1.165) is 35.5 Å². The third-order valence-corrected chi connectivity index (χ3v) is 4.68. The summed E-state index contributed by atoms with van der Waals surface area (Å²) in [6, 6.07) is 15.7. The van der Waals surface area contributed by atoms with E-state index in [1.807, 2.05) is 48.5 Å². The minimum atomic E-state index is -0.457. The van der Waals surface area contributed by atoms with Gasteiger partial charge in [-0.3, -0.25) is 0 Å². The van der Waals surface area contributed by atoms with Gasteiger partial charge in [0.15, 0.2) is 0 Å². The van der Waals surface area contributed by atoms with Crippen LogP contribution in [0.15, 0.2) is 48.5 Å². The van der Waals surface area contributed by atoms with E-state index in [9.17, 15) is 10.2 Å². The minimum Gasteiger partial charge on any atom is -0.457 e. The predicted molar refractivity (Wildman–Crippen MR) is 103 cm³/mol. The molecule has 2 atom stereocenters. The van der Waals surface area contributed by atoms with Crippen molar-refractivity contribution in [3.05, 3.63) is 59.7 Å². The van der Waals surface area contributed by atoms with E-state index < -0.39 is 12.2 Å². The first-order valence-corrected chi connectivity index (χ1v) is 9.51. The number of benzene rings is 2. The van der Waals surface area contributed by atoms with Gasteiger partial charge in [0.05, 0.1) is 12.2 Å². The molecule has 0 aromatic heterocycles. The highest BCUT2D eigenvalue weighted by Gasteiger charge is 2.05. The second-order valence-electron chi connectivity index (χ2n) is 6.08. The summed E-state index contributed by atoms with van der Waals surface area (Å²) >= 11 is 11.2. The van der Waals surface area contributed by atoms with Crippen molar-refractivity contribution in [2.45, 2.75) is 37.9 Å². The number of aliphatic hydroxyl groups excluding tert-OH is 2. The van der Waals surface area contributed by atoms with Crippen LogP contribution in [-0.4, -0.2) is 34.2 Å². The second kappa shape index (κ2) is 10.7. The maximum atomic E-state index is 9.50. The summed E-state index contributed by atoms with van der Waals surface area (Å²) in [6.07, 6.45) is 1.98. The van der Waals surface area contributed by atoms with Gasteiger partial charge in [-0.15, -0.1) is 23.2 Å². The molecule has 2 unspecified atom stereocenters. The molecule has 136 valence electrons. The zero-order valence-electron chi connectivity index (χ0n) is 14.1. The molecule has 0 fully saturated rings. The van der Waals surface area contributed by atoms with Crippen molar-refractivity contribution in [1.29, 1.82) is 0 Å². The molecule has 0 aliphatic heterocycles. The highest BCUT2D eigenvalue weighted by molar-refractivity contribution is 6.18. The van der Waals surface area contributed by atoms with Gasteiger partial charge in [0.2, 0.25) is 0 Å². The molecule has 0 bridgehead atoms. The molecule has 5 heteroatoms. The van der Waals surface area contributed by atoms with Crippen LogP contribution in [0.5, 0.6) is 11.5 Å². The molecule has 2 aromatic carbocycles. The first kappa shape index (κ1) is 20.1. The third-order valence-electron chi connectivity index (χ3n) is 3.97. The van der Waals surface area contributed by atoms with Gasteiger partial charge in [0, 0.05) is 11.8 Å². The number of aryl methyl sites for hydroxylation is 2. The lowest BCUT2D eigenvalue weighted by Crippen LogP contribution is -2.09. The van der Waals surface area contributed by atoms with E-state index in [-0.39, 0.29) is 11.8 Å². The number of hydrogen-bond donors (Lipinski definition) is 2. The maximum absolute atomic E-state index is 9.50. The molecule has 2 N–H and O–H groups in total. The van der Waals surface area contributed by atoms with Crippen LogP contribution >= 0.6 is 23.2 Å². The zero-order valence-corrected chi connectivity index (χ0v) is 15.6. The van der Waals surface area contributed by atoms with Gasteiger partial charge in [-0.05, 0) is 61.1 Å². The van der Waals surface area contributed by atoms with Crippen molar-refractivity contribution in [3.8, 4) is 11.5 Å². The van der Waals surface area contributed by atoms with Crippen LogP contribution in [0, 0.1) is 0 Å². The fourth-order valence-corrected chi connectivity index (χ4v) is 2.71. The SMILES string of the molecule is OC(CCl)CCc1ccc(Oc2ccc(CCC(O)CCl)cc2)cc1. The molecule has 0 amide bonds. The molecular formula is C20H24Cl2O3. The Bertz CT molecular complexity index is 558. The smallest absolute Gasteiger partial charge is 0.127 e. The van der Waals surface area contributed by atoms with Gasteiger partial charge >= 0.3 is 0 Å². The van der Waals surface area contributed by atoms with Crippen molar-refractivity contribution >= 4 is 23.2 Å². The second-order valence-corrected chi connectivity index (χ2v) is 6.70. The largest absolute Gasteiger partial charge is 0.457 e. The maximum Gasteiger partial charge on any atom is 0.127 e. The normalized spacial score (nSPS) is 13.4. The van der Waals surface area contributed by atoms with Gasteiger partial charge < -0.3 is 14.9 Å². The summed E-state index contributed by atoms with van der Waals surface area (Å²) in [5, 5.41) is 19.0. The Morgan fingerprint density at radius 1 is 0.680 bits per heavy atom. The first-order valence-electron chi connectivity index (χ1n) is 8.44. The third kappa shape index (κ3) is 7.25. The molecule has 3 nitrogen and oxygen atoms in total. The Morgan fingerprint density at radius 2 is 1.04 bits per heavy atom. The van der Waals surface area contributed by atoms with E-state index in [1.54, 1.807) is 0 Å². The van der Waals surface area contributed by atoms with Crippen LogP contribution in [0.4, 0.5) is 0 Å². The average molecular weight is 383 g/mol. The highest BCUT2D eigenvalue weighted by atomic mass is 35.5. The van der Waals surface area contributed by atoms with Crippen LogP contribution in [0.2, 0.25) is 0 Å². The Hall–Kier alpha value is -1.26. The summed E-state index contributed by atoms with van der Waals surface area (Å²) in [7, 11) is 0. The predicted octanol–water partition coefficient (Wildman–Crippen LogP) is 4.54. The molecular weight excluding hydrogens is 359 g/mol. The molecule has 0 aliphatic rings. The van der Waals surface area contributed by atoms with Crippen LogP contribution in [0.25, 0.3) is 0 Å². The lowest BCUT2D eigenvalue weighted by molar-refractivity contribution is 0.188. The van der Waals surface area contributed by atoms with E-state index >= 15 is 0 Å². The number of ether oxygens (including phenoxy) is 1. The topological polar surface area (TPSA) is 49.7 Å². The van der Waals surface area contributed by atoms with Crippen molar-refractivity contribution < 1.29 is 14.9 Å². The fourth-order valence-electron chi connectivity index (χ4n) is 2.41. The molecule has 0 aliphatic carbocycles. The van der Waals surface area contributed by atoms with Crippen LogP contribution < -0.4 is 4.74 Å². The van der Waals surface area contributed by atoms with Gasteiger partial charge in [-0.1, -0.05) is 24.3 Å². The quantitative estimate of drug-likeness (QED) is 0.592. The molecule has 0 heterocycles. The molecule has 2 rings (SSSR count). The number of aliphatic hydroxyl groups is 2. The summed E-state index contributed by atoms with van der Waals surface area (Å²) in [5.41, 5.74) is 2.29. The van der Waals surface area contributed by atoms with Crippen LogP contribution in [0.3, 0.4) is 0 Å². The standard InChI is InChI=1S/C20H24Cl2O3/c21-13-17(23)7-1-15-3-9-19(10-4-15)25-20-11-5-16(6-12-20)2-8-18(24)14-22/h3-6,9-12,17-18,23-24H,1-2,7-8,13-14H2. The Morgan fingerprint density at radius 3 is 1.36 bits per heavy atom. The van der Waals surface area contributed by atoms with E-state index in [1.165, 1.54) is 0 Å². The van der Waals surface area contributed by atoms with Crippen molar-refractivity contribution in [3.63, 3.8) is 0 Å². The summed E-state index contributed by atoms with van der Waals surface area (Å²) in [6.45, 7) is 0. The summed E-state index contributed by atoms with van der Waals surface area (Å²) in [4.78, 5) is 0. The molecule has 2 aromatic rings. The molecule has 0 spiro atoms. The van der Waals surface area contributed by atoms with Crippen molar-refractivity contribution in [2.75, 3.05) is 11.8 Å². The van der Waals surface area contributed by atoms with Crippen molar-refractivity contribution in [1.82, 2.24) is 0 Å². The molecule has 0 saturated heterocycles. The van der Waals surface area contributed by atoms with Gasteiger partial charge in [0.25, 0.3) is 0 Å².